The van der Waals surface area contributed by atoms with E-state index in [1.807, 2.05) is 18.7 Å². The van der Waals surface area contributed by atoms with Gasteiger partial charge in [0.15, 0.2) is 0 Å². The van der Waals surface area contributed by atoms with E-state index in [0.717, 1.165) is 25.9 Å². The van der Waals surface area contributed by atoms with Crippen LogP contribution in [0.1, 0.15) is 53.9 Å². The van der Waals surface area contributed by atoms with Gasteiger partial charge in [-0.2, -0.15) is 0 Å². The molecule has 21 heavy (non-hydrogen) atoms. The molecule has 2 saturated heterocycles. The molecule has 0 bridgehead atoms. The van der Waals surface area contributed by atoms with Gasteiger partial charge in [0.25, 0.3) is 5.91 Å². The molecule has 2 aliphatic heterocycles. The van der Waals surface area contributed by atoms with Crippen molar-refractivity contribution in [3.8, 4) is 0 Å². The SMILES string of the molecule is Cc1noc(C)c1C(=O)N1CCC[C@]2(CCCN2C)CC1. The Hall–Kier alpha value is -1.36. The summed E-state index contributed by atoms with van der Waals surface area (Å²) in [6.45, 7) is 6.54. The molecule has 116 valence electrons. The maximum absolute atomic E-state index is 12.8. The Kier molecular flexibility index (Phi) is 3.78. The molecule has 3 rings (SSSR count). The van der Waals surface area contributed by atoms with Crippen LogP contribution < -0.4 is 0 Å². The molecule has 0 aliphatic carbocycles. The average Bonchev–Trinajstić information content (AvgIpc) is 2.87. The Morgan fingerprint density at radius 1 is 1.14 bits per heavy atom. The van der Waals surface area contributed by atoms with Crippen LogP contribution in [0.4, 0.5) is 0 Å². The lowest BCUT2D eigenvalue weighted by Gasteiger charge is -2.35. The standard InChI is InChI=1S/C16H25N3O2/c1-12-14(13(2)21-17-12)15(20)19-10-5-7-16(8-11-19)6-4-9-18(16)3/h4-11H2,1-3H3/t16-/m1/s1. The minimum Gasteiger partial charge on any atom is -0.361 e. The highest BCUT2D eigenvalue weighted by molar-refractivity contribution is 5.96. The van der Waals surface area contributed by atoms with Crippen molar-refractivity contribution in [3.05, 3.63) is 17.0 Å². The zero-order valence-corrected chi connectivity index (χ0v) is 13.3. The fourth-order valence-electron chi connectivity index (χ4n) is 4.03. The molecular formula is C16H25N3O2. The van der Waals surface area contributed by atoms with Gasteiger partial charge in [-0.25, -0.2) is 0 Å². The summed E-state index contributed by atoms with van der Waals surface area (Å²) in [4.78, 5) is 17.3. The number of amides is 1. The maximum Gasteiger partial charge on any atom is 0.259 e. The average molecular weight is 291 g/mol. The Bertz CT molecular complexity index is 520. The number of carbonyl (C=O) groups excluding carboxylic acids is 1. The second-order valence-electron chi connectivity index (χ2n) is 6.59. The number of hydrogen-bond donors (Lipinski definition) is 0. The van der Waals surface area contributed by atoms with Gasteiger partial charge in [-0.05, 0) is 59.5 Å². The summed E-state index contributed by atoms with van der Waals surface area (Å²) in [7, 11) is 2.23. The second kappa shape index (κ2) is 5.44. The monoisotopic (exact) mass is 291 g/mol. The summed E-state index contributed by atoms with van der Waals surface area (Å²) in [5.41, 5.74) is 1.69. The summed E-state index contributed by atoms with van der Waals surface area (Å²) in [5.74, 6) is 0.721. The van der Waals surface area contributed by atoms with E-state index < -0.39 is 0 Å². The number of carbonyl (C=O) groups is 1. The van der Waals surface area contributed by atoms with Crippen molar-refractivity contribution in [3.63, 3.8) is 0 Å². The fraction of sp³-hybridized carbons (Fsp3) is 0.750. The molecule has 3 heterocycles. The molecule has 1 aromatic heterocycles. The van der Waals surface area contributed by atoms with Crippen molar-refractivity contribution in [2.75, 3.05) is 26.7 Å². The van der Waals surface area contributed by atoms with Gasteiger partial charge in [0.2, 0.25) is 0 Å². The lowest BCUT2D eigenvalue weighted by molar-refractivity contribution is 0.0747. The van der Waals surface area contributed by atoms with Crippen LogP contribution in [0.25, 0.3) is 0 Å². The van der Waals surface area contributed by atoms with Crippen molar-refractivity contribution in [1.29, 1.82) is 0 Å². The van der Waals surface area contributed by atoms with Gasteiger partial charge in [-0.15, -0.1) is 0 Å². The third-order valence-corrected chi connectivity index (χ3v) is 5.40. The summed E-state index contributed by atoms with van der Waals surface area (Å²) >= 11 is 0. The predicted molar refractivity (Wildman–Crippen MR) is 80.3 cm³/mol. The molecule has 5 heteroatoms. The molecule has 0 unspecified atom stereocenters. The Balaban J connectivity index is 1.75. The summed E-state index contributed by atoms with van der Waals surface area (Å²) in [6, 6.07) is 0. The summed E-state index contributed by atoms with van der Waals surface area (Å²) in [6.07, 6.45) is 5.93. The van der Waals surface area contributed by atoms with Crippen molar-refractivity contribution >= 4 is 5.91 Å². The van der Waals surface area contributed by atoms with E-state index >= 15 is 0 Å². The van der Waals surface area contributed by atoms with Crippen LogP contribution in [0.3, 0.4) is 0 Å². The van der Waals surface area contributed by atoms with Crippen LogP contribution in [-0.4, -0.2) is 53.1 Å². The summed E-state index contributed by atoms with van der Waals surface area (Å²) < 4.78 is 5.14. The molecule has 2 fully saturated rings. The number of rotatable bonds is 1. The predicted octanol–water partition coefficient (Wildman–Crippen LogP) is 2.38. The van der Waals surface area contributed by atoms with Gasteiger partial charge in [0.1, 0.15) is 11.3 Å². The van der Waals surface area contributed by atoms with Crippen LogP contribution in [0.5, 0.6) is 0 Å². The summed E-state index contributed by atoms with van der Waals surface area (Å²) in [5, 5.41) is 3.91. The van der Waals surface area contributed by atoms with Gasteiger partial charge in [-0.3, -0.25) is 4.79 Å². The highest BCUT2D eigenvalue weighted by Gasteiger charge is 2.40. The van der Waals surface area contributed by atoms with Gasteiger partial charge < -0.3 is 14.3 Å². The maximum atomic E-state index is 12.8. The fourth-order valence-corrected chi connectivity index (χ4v) is 4.03. The van der Waals surface area contributed by atoms with E-state index in [4.69, 9.17) is 4.52 Å². The van der Waals surface area contributed by atoms with Crippen LogP contribution >= 0.6 is 0 Å². The number of aromatic nitrogens is 1. The number of aryl methyl sites for hydroxylation is 2. The molecule has 0 radical (unpaired) electrons. The lowest BCUT2D eigenvalue weighted by Crippen LogP contribution is -2.42. The van der Waals surface area contributed by atoms with E-state index in [2.05, 4.69) is 17.1 Å². The molecule has 1 spiro atoms. The molecular weight excluding hydrogens is 266 g/mol. The number of nitrogens with zero attached hydrogens (tertiary/aromatic N) is 3. The third-order valence-electron chi connectivity index (χ3n) is 5.40. The minimum atomic E-state index is 0.0870. The Labute approximate surface area is 126 Å². The Morgan fingerprint density at radius 3 is 2.43 bits per heavy atom. The third kappa shape index (κ3) is 2.48. The first-order valence-electron chi connectivity index (χ1n) is 7.97. The lowest BCUT2D eigenvalue weighted by atomic mass is 9.88. The zero-order chi connectivity index (χ0) is 15.0. The Morgan fingerprint density at radius 2 is 1.86 bits per heavy atom. The highest BCUT2D eigenvalue weighted by atomic mass is 16.5. The molecule has 1 amide bonds. The molecule has 1 atom stereocenters. The van der Waals surface area contributed by atoms with Crippen molar-refractivity contribution in [2.45, 2.75) is 51.5 Å². The van der Waals surface area contributed by atoms with Gasteiger partial charge in [0, 0.05) is 18.6 Å². The van der Waals surface area contributed by atoms with E-state index in [0.29, 0.717) is 22.6 Å². The normalized spacial score (nSPS) is 27.3. The van der Waals surface area contributed by atoms with Crippen molar-refractivity contribution < 1.29 is 9.32 Å². The first-order valence-corrected chi connectivity index (χ1v) is 7.97. The molecule has 0 saturated carbocycles. The van der Waals surface area contributed by atoms with Crippen molar-refractivity contribution in [2.24, 2.45) is 0 Å². The van der Waals surface area contributed by atoms with E-state index in [1.165, 1.54) is 25.8 Å². The molecule has 2 aliphatic rings. The molecule has 0 aromatic carbocycles. The molecule has 0 N–H and O–H groups in total. The molecule has 1 aromatic rings. The zero-order valence-electron chi connectivity index (χ0n) is 13.3. The first kappa shape index (κ1) is 14.6. The largest absolute Gasteiger partial charge is 0.361 e. The van der Waals surface area contributed by atoms with E-state index in [1.54, 1.807) is 0 Å². The van der Waals surface area contributed by atoms with Crippen LogP contribution in [-0.2, 0) is 0 Å². The highest BCUT2D eigenvalue weighted by Crippen LogP contribution is 2.37. The van der Waals surface area contributed by atoms with Crippen LogP contribution in [0.2, 0.25) is 0 Å². The number of likely N-dealkylation sites (tertiary alicyclic amines) is 2. The quantitative estimate of drug-likeness (QED) is 0.797. The van der Waals surface area contributed by atoms with Crippen LogP contribution in [0, 0.1) is 13.8 Å². The van der Waals surface area contributed by atoms with E-state index in [9.17, 15) is 4.79 Å². The smallest absolute Gasteiger partial charge is 0.259 e. The van der Waals surface area contributed by atoms with Gasteiger partial charge >= 0.3 is 0 Å². The van der Waals surface area contributed by atoms with Crippen LogP contribution in [0.15, 0.2) is 4.52 Å². The van der Waals surface area contributed by atoms with Gasteiger partial charge in [-0.1, -0.05) is 5.16 Å². The van der Waals surface area contributed by atoms with Crippen molar-refractivity contribution in [1.82, 2.24) is 15.0 Å². The molecule has 5 nitrogen and oxygen atoms in total. The first-order chi connectivity index (χ1) is 10.0. The van der Waals surface area contributed by atoms with Gasteiger partial charge in [0.05, 0.1) is 5.69 Å². The second-order valence-corrected chi connectivity index (χ2v) is 6.59. The minimum absolute atomic E-state index is 0.0870. The van der Waals surface area contributed by atoms with E-state index in [-0.39, 0.29) is 5.91 Å². The topological polar surface area (TPSA) is 49.6 Å². The number of hydrogen-bond acceptors (Lipinski definition) is 4.